The van der Waals surface area contributed by atoms with Crippen molar-refractivity contribution >= 4 is 17.7 Å². The topological polar surface area (TPSA) is 60.3 Å². The molecule has 1 aliphatic heterocycles. The van der Waals surface area contributed by atoms with Crippen molar-refractivity contribution in [3.05, 3.63) is 83.1 Å². The lowest BCUT2D eigenvalue weighted by molar-refractivity contribution is 0.0422. The van der Waals surface area contributed by atoms with Crippen molar-refractivity contribution in [1.82, 2.24) is 19.9 Å². The molecular weight excluding hydrogens is 400 g/mol. The summed E-state index contributed by atoms with van der Waals surface area (Å²) in [6.07, 6.45) is 5.33. The van der Waals surface area contributed by atoms with E-state index in [2.05, 4.69) is 34.5 Å². The molecule has 30 heavy (non-hydrogen) atoms. The molecule has 1 aromatic heterocycles. The molecular formula is C23H25ClN4O2. The van der Waals surface area contributed by atoms with Gasteiger partial charge in [-0.25, -0.2) is 4.79 Å². The second-order valence-electron chi connectivity index (χ2n) is 7.60. The van der Waals surface area contributed by atoms with Gasteiger partial charge in [0.2, 0.25) is 0 Å². The molecule has 1 saturated heterocycles. The number of rotatable bonds is 6. The summed E-state index contributed by atoms with van der Waals surface area (Å²) in [7, 11) is 0. The van der Waals surface area contributed by atoms with Crippen molar-refractivity contribution in [2.75, 3.05) is 13.1 Å². The van der Waals surface area contributed by atoms with Crippen LogP contribution >= 0.6 is 11.6 Å². The maximum absolute atomic E-state index is 12.9. The Kier molecular flexibility index (Phi) is 6.64. The van der Waals surface area contributed by atoms with Crippen LogP contribution in [0.5, 0.6) is 0 Å². The highest BCUT2D eigenvalue weighted by atomic mass is 35.5. The maximum atomic E-state index is 12.9. The molecule has 0 N–H and O–H groups in total. The molecule has 3 aromatic rings. The molecule has 0 aliphatic carbocycles. The summed E-state index contributed by atoms with van der Waals surface area (Å²) in [4.78, 5) is 16.2. The van der Waals surface area contributed by atoms with Gasteiger partial charge in [-0.1, -0.05) is 60.1 Å². The van der Waals surface area contributed by atoms with Gasteiger partial charge in [-0.15, -0.1) is 0 Å². The van der Waals surface area contributed by atoms with E-state index in [0.29, 0.717) is 30.6 Å². The predicted octanol–water partition coefficient (Wildman–Crippen LogP) is 4.76. The van der Waals surface area contributed by atoms with Gasteiger partial charge in [-0.05, 0) is 36.8 Å². The lowest BCUT2D eigenvalue weighted by Crippen LogP contribution is -2.40. The van der Waals surface area contributed by atoms with E-state index in [4.69, 9.17) is 16.3 Å². The summed E-state index contributed by atoms with van der Waals surface area (Å²) in [5.41, 5.74) is 2.10. The summed E-state index contributed by atoms with van der Waals surface area (Å²) < 4.78 is 5.89. The van der Waals surface area contributed by atoms with Gasteiger partial charge in [0.05, 0.1) is 12.4 Å². The molecule has 0 bridgehead atoms. The number of aromatic nitrogens is 3. The van der Waals surface area contributed by atoms with E-state index in [-0.39, 0.29) is 6.09 Å². The van der Waals surface area contributed by atoms with Crippen LogP contribution in [0.3, 0.4) is 0 Å². The number of halogens is 1. The van der Waals surface area contributed by atoms with Crippen LogP contribution in [0.25, 0.3) is 0 Å². The summed E-state index contributed by atoms with van der Waals surface area (Å²) in [5.74, 6) is 0.587. The lowest BCUT2D eigenvalue weighted by Gasteiger charge is -2.32. The van der Waals surface area contributed by atoms with Crippen molar-refractivity contribution in [2.45, 2.75) is 31.9 Å². The summed E-state index contributed by atoms with van der Waals surface area (Å²) in [6, 6.07) is 17.9. The Balaban J connectivity index is 1.37. The highest BCUT2D eigenvalue weighted by Gasteiger charge is 2.27. The number of benzene rings is 2. The van der Waals surface area contributed by atoms with Crippen molar-refractivity contribution < 1.29 is 9.53 Å². The first-order chi connectivity index (χ1) is 14.7. The Hall–Kier alpha value is -2.86. The van der Waals surface area contributed by atoms with Crippen molar-refractivity contribution in [1.29, 1.82) is 0 Å². The Bertz CT molecular complexity index is 941. The van der Waals surface area contributed by atoms with Crippen LogP contribution in [0, 0.1) is 5.92 Å². The largest absolute Gasteiger partial charge is 0.439 e. The fraction of sp³-hybridized carbons (Fsp3) is 0.348. The average molecular weight is 425 g/mol. The van der Waals surface area contributed by atoms with Gasteiger partial charge in [0.15, 0.2) is 6.10 Å². The zero-order valence-electron chi connectivity index (χ0n) is 16.7. The lowest BCUT2D eigenvalue weighted by atomic mass is 9.90. The molecule has 2 heterocycles. The van der Waals surface area contributed by atoms with Crippen molar-refractivity contribution in [3.63, 3.8) is 0 Å². The summed E-state index contributed by atoms with van der Waals surface area (Å²) >= 11 is 6.37. The van der Waals surface area contributed by atoms with Crippen LogP contribution < -0.4 is 0 Å². The first-order valence-corrected chi connectivity index (χ1v) is 10.6. The van der Waals surface area contributed by atoms with E-state index in [1.165, 1.54) is 10.4 Å². The SMILES string of the molecule is O=C(OC(Cn1nccn1)c1ccccc1Cl)N1CCC(Cc2ccccc2)CC1. The highest BCUT2D eigenvalue weighted by Crippen LogP contribution is 2.28. The molecule has 1 unspecified atom stereocenters. The molecule has 0 radical (unpaired) electrons. The van der Waals surface area contributed by atoms with Gasteiger partial charge >= 0.3 is 6.09 Å². The minimum Gasteiger partial charge on any atom is -0.439 e. The van der Waals surface area contributed by atoms with Crippen LogP contribution in [-0.4, -0.2) is 39.1 Å². The first kappa shape index (κ1) is 20.4. The number of nitrogens with zero attached hydrogens (tertiary/aromatic N) is 4. The van der Waals surface area contributed by atoms with Crippen LogP contribution in [0.4, 0.5) is 4.79 Å². The minimum absolute atomic E-state index is 0.312. The van der Waals surface area contributed by atoms with Gasteiger partial charge in [-0.3, -0.25) is 0 Å². The molecule has 0 saturated carbocycles. The number of carbonyl (C=O) groups is 1. The maximum Gasteiger partial charge on any atom is 0.410 e. The predicted molar refractivity (Wildman–Crippen MR) is 115 cm³/mol. The number of ether oxygens (including phenoxy) is 1. The Morgan fingerprint density at radius 3 is 2.40 bits per heavy atom. The van der Waals surface area contributed by atoms with E-state index in [0.717, 1.165) is 24.8 Å². The Morgan fingerprint density at radius 2 is 1.70 bits per heavy atom. The van der Waals surface area contributed by atoms with E-state index in [1.807, 2.05) is 24.3 Å². The van der Waals surface area contributed by atoms with Gasteiger partial charge in [0, 0.05) is 23.7 Å². The number of likely N-dealkylation sites (tertiary alicyclic amines) is 1. The number of hydrogen-bond donors (Lipinski definition) is 0. The molecule has 1 atom stereocenters. The second-order valence-corrected chi connectivity index (χ2v) is 8.01. The quantitative estimate of drug-likeness (QED) is 0.572. The van der Waals surface area contributed by atoms with Gasteiger partial charge in [0.1, 0.15) is 6.54 Å². The van der Waals surface area contributed by atoms with Crippen LogP contribution in [-0.2, 0) is 17.7 Å². The molecule has 4 rings (SSSR count). The van der Waals surface area contributed by atoms with Gasteiger partial charge in [0.25, 0.3) is 0 Å². The van der Waals surface area contributed by atoms with Crippen molar-refractivity contribution in [2.24, 2.45) is 5.92 Å². The molecule has 156 valence electrons. The minimum atomic E-state index is -0.555. The molecule has 1 amide bonds. The summed E-state index contributed by atoms with van der Waals surface area (Å²) in [5, 5.41) is 8.84. The second kappa shape index (κ2) is 9.76. The molecule has 6 nitrogen and oxygen atoms in total. The monoisotopic (exact) mass is 424 g/mol. The standard InChI is InChI=1S/C23H25ClN4O2/c24-21-9-5-4-8-20(21)22(17-28-25-12-13-26-28)30-23(29)27-14-10-19(11-15-27)16-18-6-2-1-3-7-18/h1-9,12-13,19,22H,10-11,14-17H2. The van der Waals surface area contributed by atoms with E-state index >= 15 is 0 Å². The van der Waals surface area contributed by atoms with E-state index in [1.54, 1.807) is 23.4 Å². The third-order valence-corrected chi connectivity index (χ3v) is 5.88. The van der Waals surface area contributed by atoms with Crippen LogP contribution in [0.15, 0.2) is 67.0 Å². The van der Waals surface area contributed by atoms with E-state index < -0.39 is 6.10 Å². The van der Waals surface area contributed by atoms with Crippen LogP contribution in [0.2, 0.25) is 5.02 Å². The normalized spacial score (nSPS) is 15.7. The third kappa shape index (κ3) is 5.19. The van der Waals surface area contributed by atoms with Gasteiger partial charge in [-0.2, -0.15) is 15.0 Å². The van der Waals surface area contributed by atoms with Gasteiger partial charge < -0.3 is 9.64 Å². The summed E-state index contributed by atoms with van der Waals surface area (Å²) in [6.45, 7) is 1.71. The molecule has 1 aliphatic rings. The van der Waals surface area contributed by atoms with Crippen LogP contribution in [0.1, 0.15) is 30.1 Å². The average Bonchev–Trinajstić information content (AvgIpc) is 3.28. The number of piperidine rings is 1. The number of carbonyl (C=O) groups excluding carboxylic acids is 1. The molecule has 1 fully saturated rings. The highest BCUT2D eigenvalue weighted by molar-refractivity contribution is 6.31. The van der Waals surface area contributed by atoms with Crippen molar-refractivity contribution in [3.8, 4) is 0 Å². The molecule has 2 aromatic carbocycles. The Labute approximate surface area is 181 Å². The fourth-order valence-electron chi connectivity index (χ4n) is 3.88. The smallest absolute Gasteiger partial charge is 0.410 e. The zero-order chi connectivity index (χ0) is 20.8. The third-order valence-electron chi connectivity index (χ3n) is 5.53. The van der Waals surface area contributed by atoms with E-state index in [9.17, 15) is 4.79 Å². The number of hydrogen-bond acceptors (Lipinski definition) is 4. The molecule has 7 heteroatoms. The zero-order valence-corrected chi connectivity index (χ0v) is 17.5. The fourth-order valence-corrected chi connectivity index (χ4v) is 4.14. The Morgan fingerprint density at radius 1 is 1.03 bits per heavy atom. The number of amides is 1. The first-order valence-electron chi connectivity index (χ1n) is 10.3. The molecule has 0 spiro atoms.